The fraction of sp³-hybridized carbons (Fsp3) is 0.333. The summed E-state index contributed by atoms with van der Waals surface area (Å²) >= 11 is 0. The van der Waals surface area contributed by atoms with Gasteiger partial charge in [-0.25, -0.2) is 0 Å². The average molecular weight is 387 g/mol. The number of hydrogen-bond acceptors (Lipinski definition) is 5. The van der Waals surface area contributed by atoms with Crippen LogP contribution >= 0.6 is 12.4 Å². The lowest BCUT2D eigenvalue weighted by atomic mass is 10.1. The van der Waals surface area contributed by atoms with Crippen LogP contribution in [0.5, 0.6) is 0 Å². The number of nitrogens with two attached hydrogens (primary N) is 1. The SMILES string of the molecule is Cc1ccccc1Cc1noc(CN(CCN)CCc2ccccc2)n1.Cl. The van der Waals surface area contributed by atoms with Gasteiger partial charge in [0.15, 0.2) is 5.82 Å². The highest BCUT2D eigenvalue weighted by atomic mass is 35.5. The van der Waals surface area contributed by atoms with Gasteiger partial charge in [-0.3, -0.25) is 4.90 Å². The third-order valence-electron chi connectivity index (χ3n) is 4.48. The summed E-state index contributed by atoms with van der Waals surface area (Å²) in [6.07, 6.45) is 1.67. The van der Waals surface area contributed by atoms with Crippen molar-refractivity contribution in [3.05, 3.63) is 83.0 Å². The predicted octanol–water partition coefficient (Wildman–Crippen LogP) is 3.39. The molecule has 2 N–H and O–H groups in total. The van der Waals surface area contributed by atoms with Gasteiger partial charge >= 0.3 is 0 Å². The molecule has 5 nitrogen and oxygen atoms in total. The molecule has 0 bridgehead atoms. The van der Waals surface area contributed by atoms with Gasteiger partial charge in [0.25, 0.3) is 0 Å². The second kappa shape index (κ2) is 10.8. The molecule has 0 fully saturated rings. The molecule has 0 amide bonds. The molecule has 1 heterocycles. The highest BCUT2D eigenvalue weighted by molar-refractivity contribution is 5.85. The molecule has 0 aliphatic carbocycles. The fourth-order valence-electron chi connectivity index (χ4n) is 2.98. The molecule has 2 aromatic carbocycles. The molecule has 1 aromatic heterocycles. The molecule has 0 aliphatic rings. The number of aryl methyl sites for hydroxylation is 1. The van der Waals surface area contributed by atoms with E-state index < -0.39 is 0 Å². The number of halogens is 1. The van der Waals surface area contributed by atoms with E-state index >= 15 is 0 Å². The summed E-state index contributed by atoms with van der Waals surface area (Å²) in [5.41, 5.74) is 9.55. The Hall–Kier alpha value is -2.21. The molecular formula is C21H27ClN4O. The van der Waals surface area contributed by atoms with E-state index in [1.165, 1.54) is 16.7 Å². The first kappa shape index (κ1) is 21.1. The van der Waals surface area contributed by atoms with Gasteiger partial charge in [0.1, 0.15) is 0 Å². The Balaban J connectivity index is 0.00000261. The van der Waals surface area contributed by atoms with Gasteiger partial charge in [0.05, 0.1) is 6.54 Å². The maximum Gasteiger partial charge on any atom is 0.240 e. The first-order valence-corrected chi connectivity index (χ1v) is 9.07. The highest BCUT2D eigenvalue weighted by Gasteiger charge is 2.13. The fourth-order valence-corrected chi connectivity index (χ4v) is 2.98. The second-order valence-corrected chi connectivity index (χ2v) is 6.51. The van der Waals surface area contributed by atoms with Crippen molar-refractivity contribution in [3.8, 4) is 0 Å². The molecule has 0 atom stereocenters. The normalized spacial score (nSPS) is 10.8. The molecule has 3 aromatic rings. The summed E-state index contributed by atoms with van der Waals surface area (Å²) in [6.45, 7) is 5.06. The number of benzene rings is 2. The lowest BCUT2D eigenvalue weighted by molar-refractivity contribution is 0.233. The molecule has 0 radical (unpaired) electrons. The number of nitrogens with zero attached hydrogens (tertiary/aromatic N) is 3. The minimum absolute atomic E-state index is 0. The zero-order valence-corrected chi connectivity index (χ0v) is 16.5. The summed E-state index contributed by atoms with van der Waals surface area (Å²) in [7, 11) is 0. The maximum absolute atomic E-state index is 5.77. The van der Waals surface area contributed by atoms with E-state index in [-0.39, 0.29) is 12.4 Å². The van der Waals surface area contributed by atoms with Gasteiger partial charge in [-0.2, -0.15) is 4.98 Å². The Kier molecular flexibility index (Phi) is 8.45. The first-order valence-electron chi connectivity index (χ1n) is 9.07. The predicted molar refractivity (Wildman–Crippen MR) is 110 cm³/mol. The van der Waals surface area contributed by atoms with E-state index in [4.69, 9.17) is 10.3 Å². The van der Waals surface area contributed by atoms with E-state index in [1.807, 2.05) is 18.2 Å². The van der Waals surface area contributed by atoms with Crippen LogP contribution in [0, 0.1) is 6.92 Å². The first-order chi connectivity index (χ1) is 12.7. The summed E-state index contributed by atoms with van der Waals surface area (Å²) in [5, 5.41) is 4.14. The number of aromatic nitrogens is 2. The van der Waals surface area contributed by atoms with Crippen LogP contribution in [0.25, 0.3) is 0 Å². The van der Waals surface area contributed by atoms with E-state index in [1.54, 1.807) is 0 Å². The van der Waals surface area contributed by atoms with Gasteiger partial charge in [-0.1, -0.05) is 59.8 Å². The number of rotatable bonds is 9. The van der Waals surface area contributed by atoms with Crippen LogP contribution in [0.2, 0.25) is 0 Å². The van der Waals surface area contributed by atoms with E-state index in [2.05, 4.69) is 58.4 Å². The van der Waals surface area contributed by atoms with Crippen LogP contribution in [0.15, 0.2) is 59.1 Å². The van der Waals surface area contributed by atoms with Crippen molar-refractivity contribution < 1.29 is 4.52 Å². The molecule has 27 heavy (non-hydrogen) atoms. The van der Waals surface area contributed by atoms with E-state index in [0.717, 1.165) is 25.3 Å². The lowest BCUT2D eigenvalue weighted by Crippen LogP contribution is -2.31. The van der Waals surface area contributed by atoms with Crippen molar-refractivity contribution in [1.82, 2.24) is 15.0 Å². The second-order valence-electron chi connectivity index (χ2n) is 6.51. The largest absolute Gasteiger partial charge is 0.338 e. The van der Waals surface area contributed by atoms with Crippen molar-refractivity contribution >= 4 is 12.4 Å². The summed E-state index contributed by atoms with van der Waals surface area (Å²) < 4.78 is 5.46. The third-order valence-corrected chi connectivity index (χ3v) is 4.48. The van der Waals surface area contributed by atoms with Crippen LogP contribution in [-0.2, 0) is 19.4 Å². The van der Waals surface area contributed by atoms with Crippen LogP contribution in [-0.4, -0.2) is 34.7 Å². The molecule has 0 saturated heterocycles. The van der Waals surface area contributed by atoms with Crippen LogP contribution in [0.1, 0.15) is 28.4 Å². The van der Waals surface area contributed by atoms with Gasteiger partial charge in [-0.05, 0) is 30.0 Å². The van der Waals surface area contributed by atoms with Crippen molar-refractivity contribution in [2.24, 2.45) is 5.73 Å². The summed E-state index contributed by atoms with van der Waals surface area (Å²) in [6, 6.07) is 18.7. The van der Waals surface area contributed by atoms with Crippen LogP contribution in [0.4, 0.5) is 0 Å². The molecule has 0 aliphatic heterocycles. The lowest BCUT2D eigenvalue weighted by Gasteiger charge is -2.19. The standard InChI is InChI=1S/C21H26N4O.ClH/c1-17-7-5-6-10-19(17)15-20-23-21(26-24-20)16-25(14-12-22)13-11-18-8-3-2-4-9-18;/h2-10H,11-16,22H2,1H3;1H. The Morgan fingerprint density at radius 1 is 1.00 bits per heavy atom. The Morgan fingerprint density at radius 2 is 1.74 bits per heavy atom. The Morgan fingerprint density at radius 3 is 2.48 bits per heavy atom. The van der Waals surface area contributed by atoms with Crippen molar-refractivity contribution in [3.63, 3.8) is 0 Å². The molecule has 0 unspecified atom stereocenters. The third kappa shape index (κ3) is 6.47. The minimum atomic E-state index is 0. The van der Waals surface area contributed by atoms with Crippen molar-refractivity contribution in [1.29, 1.82) is 0 Å². The summed E-state index contributed by atoms with van der Waals surface area (Å²) in [4.78, 5) is 6.83. The average Bonchev–Trinajstić information content (AvgIpc) is 3.10. The maximum atomic E-state index is 5.77. The van der Waals surface area contributed by atoms with E-state index in [0.29, 0.717) is 25.4 Å². The van der Waals surface area contributed by atoms with Gasteiger partial charge in [0.2, 0.25) is 5.89 Å². The smallest absolute Gasteiger partial charge is 0.240 e. The van der Waals surface area contributed by atoms with Gasteiger partial charge < -0.3 is 10.3 Å². The molecule has 6 heteroatoms. The monoisotopic (exact) mass is 386 g/mol. The highest BCUT2D eigenvalue weighted by Crippen LogP contribution is 2.12. The molecule has 3 rings (SSSR count). The van der Waals surface area contributed by atoms with Gasteiger partial charge in [0, 0.05) is 26.1 Å². The minimum Gasteiger partial charge on any atom is -0.338 e. The zero-order valence-electron chi connectivity index (χ0n) is 15.7. The zero-order chi connectivity index (χ0) is 18.2. The van der Waals surface area contributed by atoms with Gasteiger partial charge in [-0.15, -0.1) is 12.4 Å². The van der Waals surface area contributed by atoms with Crippen LogP contribution in [0.3, 0.4) is 0 Å². The van der Waals surface area contributed by atoms with E-state index in [9.17, 15) is 0 Å². The Labute approximate surface area is 167 Å². The molecule has 0 spiro atoms. The van der Waals surface area contributed by atoms with Crippen molar-refractivity contribution in [2.45, 2.75) is 26.3 Å². The topological polar surface area (TPSA) is 68.2 Å². The van der Waals surface area contributed by atoms with Crippen LogP contribution < -0.4 is 5.73 Å². The molecule has 0 saturated carbocycles. The van der Waals surface area contributed by atoms with Crippen molar-refractivity contribution in [2.75, 3.05) is 19.6 Å². The quantitative estimate of drug-likeness (QED) is 0.610. The molecule has 144 valence electrons. The summed E-state index contributed by atoms with van der Waals surface area (Å²) in [5.74, 6) is 1.38. The molecular weight excluding hydrogens is 360 g/mol. The number of hydrogen-bond donors (Lipinski definition) is 1. The Bertz CT molecular complexity index is 807.